The highest BCUT2D eigenvalue weighted by Crippen LogP contribution is 2.16. The Bertz CT molecular complexity index is 382. The molecule has 2 saturated heterocycles. The van der Waals surface area contributed by atoms with Crippen LogP contribution in [0.5, 0.6) is 0 Å². The van der Waals surface area contributed by atoms with Gasteiger partial charge in [0.1, 0.15) is 18.5 Å². The Morgan fingerprint density at radius 1 is 1.10 bits per heavy atom. The molecule has 7 heteroatoms. The van der Waals surface area contributed by atoms with Crippen molar-refractivity contribution in [1.82, 2.24) is 25.8 Å². The van der Waals surface area contributed by atoms with Crippen molar-refractivity contribution < 1.29 is 9.59 Å². The predicted molar refractivity (Wildman–Crippen MR) is 80.3 cm³/mol. The zero-order chi connectivity index (χ0) is 15.4. The number of nitrogens with one attached hydrogen (secondary N) is 3. The number of unbranched alkanes of at least 4 members (excludes halogenated alkanes) is 2. The second kappa shape index (κ2) is 7.20. The Labute approximate surface area is 126 Å². The summed E-state index contributed by atoms with van der Waals surface area (Å²) in [6.07, 6.45) is 4.20. The van der Waals surface area contributed by atoms with Gasteiger partial charge in [-0.2, -0.15) is 0 Å². The predicted octanol–water partition coefficient (Wildman–Crippen LogP) is 0.241. The molecular formula is C14H27N5O2. The number of nitrogens with zero attached hydrogens (tertiary/aromatic N) is 2. The molecule has 120 valence electrons. The normalized spacial score (nSPS) is 29.0. The van der Waals surface area contributed by atoms with Gasteiger partial charge < -0.3 is 4.90 Å². The van der Waals surface area contributed by atoms with E-state index in [2.05, 4.69) is 34.7 Å². The number of urea groups is 1. The van der Waals surface area contributed by atoms with Crippen LogP contribution in [0.3, 0.4) is 0 Å². The molecule has 3 N–H and O–H groups in total. The number of hydrogen-bond acceptors (Lipinski definition) is 5. The van der Waals surface area contributed by atoms with E-state index in [9.17, 15) is 9.59 Å². The highest BCUT2D eigenvalue weighted by atomic mass is 16.2. The number of rotatable bonds is 7. The van der Waals surface area contributed by atoms with Gasteiger partial charge >= 0.3 is 6.03 Å². The first kappa shape index (κ1) is 16.2. The third-order valence-electron chi connectivity index (χ3n) is 4.19. The number of amides is 3. The fourth-order valence-corrected chi connectivity index (χ4v) is 2.82. The molecule has 0 aromatic carbocycles. The Kier molecular flexibility index (Phi) is 5.55. The molecule has 0 saturated carbocycles. The maximum atomic E-state index is 11.9. The minimum Gasteiger partial charge on any atom is -0.310 e. The summed E-state index contributed by atoms with van der Waals surface area (Å²) in [6.45, 7) is 6.32. The molecule has 0 aromatic heterocycles. The fraction of sp³-hybridized carbons (Fsp3) is 0.857. The molecular weight excluding hydrogens is 270 g/mol. The van der Waals surface area contributed by atoms with Gasteiger partial charge in [0, 0.05) is 20.1 Å². The van der Waals surface area contributed by atoms with Crippen LogP contribution in [-0.4, -0.2) is 60.4 Å². The zero-order valence-corrected chi connectivity index (χ0v) is 13.2. The Hall–Kier alpha value is -1.18. The molecule has 0 aromatic rings. The van der Waals surface area contributed by atoms with Gasteiger partial charge in [0.15, 0.2) is 0 Å². The summed E-state index contributed by atoms with van der Waals surface area (Å²) in [5.41, 5.74) is 0. The number of fused-ring (bicyclic) bond motifs is 1. The molecule has 21 heavy (non-hydrogen) atoms. The molecule has 2 fully saturated rings. The van der Waals surface area contributed by atoms with Gasteiger partial charge in [0.05, 0.1) is 0 Å². The quantitative estimate of drug-likeness (QED) is 0.627. The standard InChI is InChI=1S/C14H27N5O2/c1-4-6-8-19(9-7-5-2)13-15-10-11(16-13)18(3)14(21)17-12(10)20/h10-11,13,15-16H,4-9H2,1-3H3,(H,17,20,21). The largest absolute Gasteiger partial charge is 0.325 e. The smallest absolute Gasteiger partial charge is 0.310 e. The van der Waals surface area contributed by atoms with E-state index < -0.39 is 0 Å². The molecule has 0 bridgehead atoms. The van der Waals surface area contributed by atoms with Crippen LogP contribution < -0.4 is 16.0 Å². The van der Waals surface area contributed by atoms with Crippen LogP contribution in [0.15, 0.2) is 0 Å². The molecule has 3 atom stereocenters. The van der Waals surface area contributed by atoms with E-state index >= 15 is 0 Å². The summed E-state index contributed by atoms with van der Waals surface area (Å²) in [5.74, 6) is -0.246. The first-order valence-electron chi connectivity index (χ1n) is 7.92. The molecule has 3 amide bonds. The number of imide groups is 1. The van der Waals surface area contributed by atoms with Gasteiger partial charge in [0.2, 0.25) is 5.91 Å². The highest BCUT2D eigenvalue weighted by molar-refractivity contribution is 6.00. The molecule has 2 heterocycles. The minimum atomic E-state index is -0.386. The summed E-state index contributed by atoms with van der Waals surface area (Å²) < 4.78 is 0. The van der Waals surface area contributed by atoms with E-state index in [0.717, 1.165) is 38.8 Å². The first-order valence-corrected chi connectivity index (χ1v) is 7.92. The van der Waals surface area contributed by atoms with E-state index in [4.69, 9.17) is 0 Å². The average Bonchev–Trinajstić information content (AvgIpc) is 2.91. The Morgan fingerprint density at radius 3 is 2.29 bits per heavy atom. The first-order chi connectivity index (χ1) is 10.1. The summed E-state index contributed by atoms with van der Waals surface area (Å²) in [6, 6.07) is -0.728. The third-order valence-corrected chi connectivity index (χ3v) is 4.19. The maximum Gasteiger partial charge on any atom is 0.325 e. The van der Waals surface area contributed by atoms with Crippen molar-refractivity contribution in [3.05, 3.63) is 0 Å². The second-order valence-electron chi connectivity index (χ2n) is 5.81. The van der Waals surface area contributed by atoms with Crippen LogP contribution in [-0.2, 0) is 4.79 Å². The van der Waals surface area contributed by atoms with Crippen molar-refractivity contribution in [1.29, 1.82) is 0 Å². The number of hydrogen-bond donors (Lipinski definition) is 3. The monoisotopic (exact) mass is 297 g/mol. The van der Waals surface area contributed by atoms with Gasteiger partial charge in [0.25, 0.3) is 0 Å². The fourth-order valence-electron chi connectivity index (χ4n) is 2.82. The van der Waals surface area contributed by atoms with Gasteiger partial charge in [-0.3, -0.25) is 25.6 Å². The summed E-state index contributed by atoms with van der Waals surface area (Å²) in [5, 5.41) is 9.07. The average molecular weight is 297 g/mol. The van der Waals surface area contributed by atoms with Crippen molar-refractivity contribution in [2.75, 3.05) is 20.1 Å². The van der Waals surface area contributed by atoms with Crippen molar-refractivity contribution in [3.8, 4) is 0 Å². The van der Waals surface area contributed by atoms with Crippen molar-refractivity contribution in [2.24, 2.45) is 0 Å². The van der Waals surface area contributed by atoms with Crippen LogP contribution in [0.2, 0.25) is 0 Å². The zero-order valence-electron chi connectivity index (χ0n) is 13.2. The van der Waals surface area contributed by atoms with Gasteiger partial charge in [-0.25, -0.2) is 4.79 Å². The number of carbonyl (C=O) groups excluding carboxylic acids is 2. The second-order valence-corrected chi connectivity index (χ2v) is 5.81. The Balaban J connectivity index is 2.03. The van der Waals surface area contributed by atoms with Crippen LogP contribution in [0.1, 0.15) is 39.5 Å². The van der Waals surface area contributed by atoms with Crippen molar-refractivity contribution in [3.63, 3.8) is 0 Å². The van der Waals surface area contributed by atoms with Crippen LogP contribution in [0, 0.1) is 0 Å². The van der Waals surface area contributed by atoms with E-state index in [1.54, 1.807) is 11.9 Å². The molecule has 0 spiro atoms. The van der Waals surface area contributed by atoms with Gasteiger partial charge in [-0.1, -0.05) is 26.7 Å². The molecule has 3 unspecified atom stereocenters. The van der Waals surface area contributed by atoms with Crippen LogP contribution >= 0.6 is 0 Å². The van der Waals surface area contributed by atoms with Gasteiger partial charge in [-0.15, -0.1) is 0 Å². The van der Waals surface area contributed by atoms with E-state index in [1.807, 2.05) is 0 Å². The SMILES string of the molecule is CCCCN(CCCC)C1NC2C(=O)NC(=O)N(C)C2N1. The lowest BCUT2D eigenvalue weighted by Gasteiger charge is -2.33. The van der Waals surface area contributed by atoms with Crippen LogP contribution in [0.4, 0.5) is 4.79 Å². The van der Waals surface area contributed by atoms with E-state index in [-0.39, 0.29) is 30.4 Å². The molecule has 2 rings (SSSR count). The molecule has 2 aliphatic rings. The number of likely N-dealkylation sites (N-methyl/N-ethyl adjacent to an activating group) is 1. The van der Waals surface area contributed by atoms with Crippen molar-refractivity contribution in [2.45, 2.75) is 58.0 Å². The summed E-state index contributed by atoms with van der Waals surface area (Å²) >= 11 is 0. The van der Waals surface area contributed by atoms with Crippen LogP contribution in [0.25, 0.3) is 0 Å². The topological polar surface area (TPSA) is 76.7 Å². The Morgan fingerprint density at radius 2 is 1.71 bits per heavy atom. The molecule has 7 nitrogen and oxygen atoms in total. The van der Waals surface area contributed by atoms with Gasteiger partial charge in [-0.05, 0) is 12.8 Å². The minimum absolute atomic E-state index is 0.0581. The highest BCUT2D eigenvalue weighted by Gasteiger charge is 2.47. The molecule has 0 radical (unpaired) electrons. The number of carbonyl (C=O) groups is 2. The summed E-state index contributed by atoms with van der Waals surface area (Å²) in [4.78, 5) is 27.5. The maximum absolute atomic E-state index is 11.9. The molecule has 0 aliphatic carbocycles. The van der Waals surface area contributed by atoms with E-state index in [1.165, 1.54) is 0 Å². The lowest BCUT2D eigenvalue weighted by atomic mass is 10.2. The lowest BCUT2D eigenvalue weighted by Crippen LogP contribution is -2.64. The molecule has 2 aliphatic heterocycles. The third kappa shape index (κ3) is 3.53. The lowest BCUT2D eigenvalue weighted by molar-refractivity contribution is -0.124. The van der Waals surface area contributed by atoms with E-state index in [0.29, 0.717) is 0 Å². The van der Waals surface area contributed by atoms with Crippen molar-refractivity contribution >= 4 is 11.9 Å². The summed E-state index contributed by atoms with van der Waals surface area (Å²) in [7, 11) is 1.71.